The van der Waals surface area contributed by atoms with Crippen LogP contribution in [0.2, 0.25) is 0 Å². The molecule has 1 aromatic heterocycles. The van der Waals surface area contributed by atoms with Crippen LogP contribution in [0.4, 0.5) is 0 Å². The Labute approximate surface area is 130 Å². The van der Waals surface area contributed by atoms with Crippen LogP contribution >= 0.6 is 0 Å². The van der Waals surface area contributed by atoms with Crippen molar-refractivity contribution in [3.05, 3.63) is 23.9 Å². The Balaban J connectivity index is 2.29. The lowest BCUT2D eigenvalue weighted by atomic mass is 9.85. The molecule has 0 unspecified atom stereocenters. The minimum Gasteiger partial charge on any atom is -0.481 e. The molecule has 2 N–H and O–H groups in total. The van der Waals surface area contributed by atoms with E-state index in [-0.39, 0.29) is 5.97 Å². The molecule has 0 bridgehead atoms. The van der Waals surface area contributed by atoms with E-state index in [1.165, 1.54) is 7.11 Å². The molecular formula is C16H24N2O4. The summed E-state index contributed by atoms with van der Waals surface area (Å²) in [5, 5.41) is 14.3. The van der Waals surface area contributed by atoms with Crippen LogP contribution in [0.3, 0.4) is 0 Å². The molecule has 0 aromatic carbocycles. The minimum atomic E-state index is -1.32. The number of piperidine rings is 1. The van der Waals surface area contributed by atoms with Crippen molar-refractivity contribution in [3.8, 4) is 5.88 Å². The van der Waals surface area contributed by atoms with Crippen LogP contribution in [0.1, 0.15) is 32.9 Å². The third kappa shape index (κ3) is 3.39. The van der Waals surface area contributed by atoms with Crippen LogP contribution in [-0.2, 0) is 15.1 Å². The number of nitrogens with zero attached hydrogens (tertiary/aromatic N) is 1. The van der Waals surface area contributed by atoms with Crippen LogP contribution in [0.25, 0.3) is 0 Å². The molecule has 0 spiro atoms. The first-order chi connectivity index (χ1) is 10.3. The van der Waals surface area contributed by atoms with Gasteiger partial charge in [0.1, 0.15) is 11.7 Å². The van der Waals surface area contributed by atoms with E-state index in [1.807, 2.05) is 0 Å². The molecule has 1 fully saturated rings. The second kappa shape index (κ2) is 6.22. The quantitative estimate of drug-likeness (QED) is 0.818. The Hall–Kier alpha value is -1.66. The van der Waals surface area contributed by atoms with E-state index in [2.05, 4.69) is 10.3 Å². The average Bonchev–Trinajstić information content (AvgIpc) is 2.48. The molecule has 1 aliphatic heterocycles. The lowest BCUT2D eigenvalue weighted by molar-refractivity contribution is -0.180. The molecule has 122 valence electrons. The lowest BCUT2D eigenvalue weighted by Gasteiger charge is -2.40. The van der Waals surface area contributed by atoms with E-state index in [0.717, 1.165) is 0 Å². The number of carbonyl (C=O) groups excluding carboxylic acids is 1. The van der Waals surface area contributed by atoms with Gasteiger partial charge in [-0.15, -0.1) is 0 Å². The first kappa shape index (κ1) is 16.7. The van der Waals surface area contributed by atoms with Crippen LogP contribution in [0.15, 0.2) is 18.2 Å². The molecule has 1 aromatic rings. The maximum atomic E-state index is 12.2. The number of methoxy groups -OCH3 is 1. The van der Waals surface area contributed by atoms with E-state index in [9.17, 15) is 9.90 Å². The van der Waals surface area contributed by atoms with Gasteiger partial charge in [-0.2, -0.15) is 0 Å². The second-order valence-corrected chi connectivity index (χ2v) is 6.59. The molecule has 6 nitrogen and oxygen atoms in total. The predicted molar refractivity (Wildman–Crippen MR) is 81.5 cm³/mol. The van der Waals surface area contributed by atoms with Crippen molar-refractivity contribution in [2.24, 2.45) is 5.41 Å². The van der Waals surface area contributed by atoms with Crippen LogP contribution in [0, 0.1) is 5.41 Å². The van der Waals surface area contributed by atoms with Gasteiger partial charge in [-0.1, -0.05) is 6.07 Å². The number of rotatable bonds is 3. The van der Waals surface area contributed by atoms with E-state index < -0.39 is 17.1 Å². The number of aliphatic hydroxyl groups is 1. The van der Waals surface area contributed by atoms with Gasteiger partial charge in [0.15, 0.2) is 0 Å². The molecule has 6 heteroatoms. The normalized spacial score (nSPS) is 25.6. The largest absolute Gasteiger partial charge is 0.481 e. The van der Waals surface area contributed by atoms with Gasteiger partial charge in [-0.05, 0) is 39.8 Å². The van der Waals surface area contributed by atoms with Gasteiger partial charge in [0.2, 0.25) is 5.88 Å². The van der Waals surface area contributed by atoms with E-state index in [1.54, 1.807) is 39.0 Å². The van der Waals surface area contributed by atoms with Crippen molar-refractivity contribution in [2.75, 3.05) is 20.2 Å². The molecule has 1 aliphatic rings. The number of esters is 1. The van der Waals surface area contributed by atoms with Gasteiger partial charge in [0, 0.05) is 12.6 Å². The summed E-state index contributed by atoms with van der Waals surface area (Å²) in [6.07, 6.45) is -0.275. The van der Waals surface area contributed by atoms with E-state index >= 15 is 0 Å². The van der Waals surface area contributed by atoms with Crippen molar-refractivity contribution in [2.45, 2.75) is 38.9 Å². The highest BCUT2D eigenvalue weighted by atomic mass is 16.6. The topological polar surface area (TPSA) is 80.7 Å². The summed E-state index contributed by atoms with van der Waals surface area (Å²) in [6.45, 7) is 6.37. The highest BCUT2D eigenvalue weighted by Gasteiger charge is 2.45. The third-order valence-corrected chi connectivity index (χ3v) is 3.78. The van der Waals surface area contributed by atoms with Gasteiger partial charge in [0.05, 0.1) is 18.2 Å². The Morgan fingerprint density at radius 1 is 1.45 bits per heavy atom. The number of ether oxygens (including phenoxy) is 2. The Kier molecular flexibility index (Phi) is 4.72. The summed E-state index contributed by atoms with van der Waals surface area (Å²) >= 11 is 0. The minimum absolute atomic E-state index is 0.345. The molecule has 0 saturated carbocycles. The Morgan fingerprint density at radius 3 is 2.82 bits per heavy atom. The van der Waals surface area contributed by atoms with Gasteiger partial charge < -0.3 is 19.9 Å². The molecule has 2 rings (SSSR count). The lowest BCUT2D eigenvalue weighted by Crippen LogP contribution is -2.55. The van der Waals surface area contributed by atoms with Crippen molar-refractivity contribution in [3.63, 3.8) is 0 Å². The van der Waals surface area contributed by atoms with Crippen molar-refractivity contribution < 1.29 is 19.4 Å². The molecule has 2 heterocycles. The molecule has 0 radical (unpaired) electrons. The average molecular weight is 308 g/mol. The highest BCUT2D eigenvalue weighted by molar-refractivity contribution is 5.75. The number of hydrogen-bond acceptors (Lipinski definition) is 6. The monoisotopic (exact) mass is 308 g/mol. The van der Waals surface area contributed by atoms with E-state index in [0.29, 0.717) is 31.1 Å². The van der Waals surface area contributed by atoms with Crippen LogP contribution < -0.4 is 10.1 Å². The smallest absolute Gasteiger partial charge is 0.311 e. The number of pyridine rings is 1. The molecule has 0 amide bonds. The van der Waals surface area contributed by atoms with Crippen LogP contribution in [0.5, 0.6) is 5.88 Å². The second-order valence-electron chi connectivity index (χ2n) is 6.59. The highest BCUT2D eigenvalue weighted by Crippen LogP contribution is 2.33. The Morgan fingerprint density at radius 2 is 2.18 bits per heavy atom. The molecule has 22 heavy (non-hydrogen) atoms. The van der Waals surface area contributed by atoms with Crippen molar-refractivity contribution in [1.82, 2.24) is 10.3 Å². The summed E-state index contributed by atoms with van der Waals surface area (Å²) in [5.74, 6) is 0.0767. The summed E-state index contributed by atoms with van der Waals surface area (Å²) in [7, 11) is 1.52. The van der Waals surface area contributed by atoms with Crippen molar-refractivity contribution in [1.29, 1.82) is 0 Å². The maximum Gasteiger partial charge on any atom is 0.311 e. The van der Waals surface area contributed by atoms with Gasteiger partial charge in [-0.25, -0.2) is 4.98 Å². The maximum absolute atomic E-state index is 12.2. The number of nitrogens with one attached hydrogen (secondary N) is 1. The zero-order valence-electron chi connectivity index (χ0n) is 13.5. The predicted octanol–water partition coefficient (Wildman–Crippen LogP) is 1.23. The van der Waals surface area contributed by atoms with E-state index in [4.69, 9.17) is 9.47 Å². The first-order valence-electron chi connectivity index (χ1n) is 7.43. The zero-order chi connectivity index (χ0) is 16.4. The summed E-state index contributed by atoms with van der Waals surface area (Å²) in [6, 6.07) is 5.21. The molecule has 1 saturated heterocycles. The molecule has 0 aliphatic carbocycles. The zero-order valence-corrected chi connectivity index (χ0v) is 13.5. The van der Waals surface area contributed by atoms with Gasteiger partial charge in [-0.3, -0.25) is 4.79 Å². The fourth-order valence-electron chi connectivity index (χ4n) is 2.35. The fraction of sp³-hybridized carbons (Fsp3) is 0.625. The number of aromatic nitrogens is 1. The Bertz CT molecular complexity index is 541. The summed E-state index contributed by atoms with van der Waals surface area (Å²) in [5.41, 5.74) is -1.49. The van der Waals surface area contributed by atoms with Gasteiger partial charge in [0.25, 0.3) is 0 Å². The SMILES string of the molecule is COc1cccc([C@@]2(O)CCNC[C@@H]2OC(=O)C(C)(C)C)n1. The molecular weight excluding hydrogens is 284 g/mol. The fourth-order valence-corrected chi connectivity index (χ4v) is 2.35. The standard InChI is InChI=1S/C16H24N2O4/c1-15(2,3)14(19)22-12-10-17-9-8-16(12,20)11-6-5-7-13(18-11)21-4/h5-7,12,17,20H,8-10H2,1-4H3/t12-,16-/m0/s1. The van der Waals surface area contributed by atoms with Gasteiger partial charge >= 0.3 is 5.97 Å². The third-order valence-electron chi connectivity index (χ3n) is 3.78. The van der Waals surface area contributed by atoms with Crippen LogP contribution in [-0.4, -0.2) is 42.4 Å². The number of hydrogen-bond donors (Lipinski definition) is 2. The summed E-state index contributed by atoms with van der Waals surface area (Å²) in [4.78, 5) is 16.5. The van der Waals surface area contributed by atoms with Crippen molar-refractivity contribution >= 4 is 5.97 Å². The molecule has 2 atom stereocenters. The first-order valence-corrected chi connectivity index (χ1v) is 7.43. The summed E-state index contributed by atoms with van der Waals surface area (Å²) < 4.78 is 10.7. The number of carbonyl (C=O) groups is 1.